The summed E-state index contributed by atoms with van der Waals surface area (Å²) in [6.45, 7) is 1.92. The van der Waals surface area contributed by atoms with Gasteiger partial charge < -0.3 is 25.0 Å². The highest BCUT2D eigenvalue weighted by Crippen LogP contribution is 2.58. The maximum absolute atomic E-state index is 13.8. The second-order valence-corrected chi connectivity index (χ2v) is 13.2. The number of carboxylic acids is 1. The number of nitrogens with one attached hydrogen (secondary N) is 1. The maximum atomic E-state index is 13.8. The molecule has 5 aliphatic rings. The summed E-state index contributed by atoms with van der Waals surface area (Å²) in [7, 11) is 4.01. The van der Waals surface area contributed by atoms with Crippen LogP contribution in [0.25, 0.3) is 11.3 Å². The number of hydrogen-bond donors (Lipinski definition) is 2. The van der Waals surface area contributed by atoms with Gasteiger partial charge in [-0.2, -0.15) is 0 Å². The number of hydrogen-bond acceptors (Lipinski definition) is 6. The van der Waals surface area contributed by atoms with E-state index in [2.05, 4.69) is 10.2 Å². The lowest BCUT2D eigenvalue weighted by atomic mass is 9.48. The van der Waals surface area contributed by atoms with Gasteiger partial charge in [0.15, 0.2) is 0 Å². The molecule has 7 rings (SSSR count). The Hall–Kier alpha value is -2.88. The van der Waals surface area contributed by atoms with E-state index >= 15 is 0 Å². The van der Waals surface area contributed by atoms with Crippen molar-refractivity contribution in [3.8, 4) is 17.0 Å². The van der Waals surface area contributed by atoms with Crippen molar-refractivity contribution in [3.63, 3.8) is 0 Å². The zero-order valence-electron chi connectivity index (χ0n) is 24.7. The first-order chi connectivity index (χ1) is 20.2. The molecule has 2 amide bonds. The molecule has 5 fully saturated rings. The number of carbonyl (C=O) groups is 3. The zero-order valence-corrected chi connectivity index (χ0v) is 26.3. The first-order valence-electron chi connectivity index (χ1n) is 15.1. The van der Waals surface area contributed by atoms with Crippen LogP contribution in [0.1, 0.15) is 61.9 Å². The van der Waals surface area contributed by atoms with E-state index in [9.17, 15) is 19.5 Å². The lowest BCUT2D eigenvalue weighted by Gasteiger charge is -2.59. The van der Waals surface area contributed by atoms with Gasteiger partial charge in [0, 0.05) is 25.1 Å². The molecule has 4 aliphatic carbocycles. The third-order valence-corrected chi connectivity index (χ3v) is 10.1. The third kappa shape index (κ3) is 5.96. The number of halogens is 2. The van der Waals surface area contributed by atoms with Gasteiger partial charge in [0.25, 0.3) is 5.91 Å². The molecular weight excluding hydrogens is 591 g/mol. The summed E-state index contributed by atoms with van der Waals surface area (Å²) in [5, 5.41) is 14.0. The molecular formula is C32H40Cl2N4O5. The van der Waals surface area contributed by atoms with Crippen molar-refractivity contribution in [1.82, 2.24) is 15.2 Å². The summed E-state index contributed by atoms with van der Waals surface area (Å²) in [6.07, 6.45) is 6.58. The predicted molar refractivity (Wildman–Crippen MR) is 167 cm³/mol. The Morgan fingerprint density at radius 3 is 2.42 bits per heavy atom. The molecule has 4 bridgehead atoms. The molecule has 1 saturated heterocycles. The molecule has 0 spiro atoms. The predicted octanol–water partition coefficient (Wildman–Crippen LogP) is 5.29. The number of carboxylic acid groups (broad SMARTS) is 1. The quantitative estimate of drug-likeness (QED) is 0.343. The van der Waals surface area contributed by atoms with Gasteiger partial charge in [-0.15, -0.1) is 12.4 Å². The van der Waals surface area contributed by atoms with Crippen LogP contribution in [-0.2, 0) is 9.59 Å². The van der Waals surface area contributed by atoms with E-state index in [1.807, 2.05) is 14.1 Å². The first-order valence-corrected chi connectivity index (χ1v) is 15.5. The minimum atomic E-state index is -1.27. The van der Waals surface area contributed by atoms with Crippen molar-refractivity contribution in [1.29, 1.82) is 0 Å². The Balaban J connectivity index is 0.00000368. The normalized spacial score (nSPS) is 27.3. The van der Waals surface area contributed by atoms with Gasteiger partial charge in [0.05, 0.1) is 23.0 Å². The van der Waals surface area contributed by atoms with Gasteiger partial charge in [0.2, 0.25) is 5.91 Å². The molecule has 0 atom stereocenters. The number of rotatable bonds is 10. The fourth-order valence-corrected chi connectivity index (χ4v) is 8.19. The molecule has 1 aromatic carbocycles. The molecule has 4 saturated carbocycles. The summed E-state index contributed by atoms with van der Waals surface area (Å²) in [5.74, 6) is 0.0346. The van der Waals surface area contributed by atoms with E-state index in [0.29, 0.717) is 59.1 Å². The highest BCUT2D eigenvalue weighted by atomic mass is 35.5. The van der Waals surface area contributed by atoms with Crippen molar-refractivity contribution in [2.24, 2.45) is 23.7 Å². The lowest BCUT2D eigenvalue weighted by molar-refractivity contribution is -0.163. The van der Waals surface area contributed by atoms with Crippen molar-refractivity contribution < 1.29 is 24.2 Å². The van der Waals surface area contributed by atoms with E-state index in [4.69, 9.17) is 21.3 Å². The number of pyridine rings is 1. The zero-order chi connectivity index (χ0) is 29.6. The van der Waals surface area contributed by atoms with Gasteiger partial charge in [-0.3, -0.25) is 9.59 Å². The molecule has 43 heavy (non-hydrogen) atoms. The maximum Gasteiger partial charge on any atom is 0.330 e. The summed E-state index contributed by atoms with van der Waals surface area (Å²) in [5.41, 5.74) is 0.580. The number of aromatic nitrogens is 1. The van der Waals surface area contributed by atoms with Crippen molar-refractivity contribution in [2.75, 3.05) is 38.7 Å². The minimum absolute atomic E-state index is 0. The van der Waals surface area contributed by atoms with Crippen LogP contribution >= 0.6 is 24.0 Å². The Morgan fingerprint density at radius 1 is 1.12 bits per heavy atom. The van der Waals surface area contributed by atoms with Crippen LogP contribution < -0.4 is 15.0 Å². The lowest BCUT2D eigenvalue weighted by Crippen LogP contribution is -2.70. The smallest absolute Gasteiger partial charge is 0.330 e. The molecule has 2 aromatic rings. The number of nitrogens with zero attached hydrogens (tertiary/aromatic N) is 3. The number of benzene rings is 1. The van der Waals surface area contributed by atoms with Crippen LogP contribution in [0, 0.1) is 23.7 Å². The Bertz CT molecular complexity index is 1370. The molecule has 232 valence electrons. The molecule has 2 heterocycles. The monoisotopic (exact) mass is 630 g/mol. The van der Waals surface area contributed by atoms with E-state index in [1.54, 1.807) is 35.2 Å². The highest BCUT2D eigenvalue weighted by molar-refractivity contribution is 6.32. The number of anilines is 1. The van der Waals surface area contributed by atoms with Crippen molar-refractivity contribution in [2.45, 2.75) is 56.9 Å². The summed E-state index contributed by atoms with van der Waals surface area (Å²) >= 11 is 6.47. The van der Waals surface area contributed by atoms with Crippen LogP contribution in [0.3, 0.4) is 0 Å². The number of carbonyl (C=O) groups excluding carboxylic acids is 2. The summed E-state index contributed by atoms with van der Waals surface area (Å²) in [4.78, 5) is 48.0. The molecule has 2 N–H and O–H groups in total. The molecule has 1 aliphatic heterocycles. The van der Waals surface area contributed by atoms with Gasteiger partial charge >= 0.3 is 5.97 Å². The fraction of sp³-hybridized carbons (Fsp3) is 0.562. The van der Waals surface area contributed by atoms with Crippen LogP contribution in [0.2, 0.25) is 5.02 Å². The number of ether oxygens (including phenoxy) is 1. The average Bonchev–Trinajstić information content (AvgIpc) is 3.38. The molecule has 1 aromatic heterocycles. The summed E-state index contributed by atoms with van der Waals surface area (Å²) in [6, 6.07) is 8.68. The van der Waals surface area contributed by atoms with Crippen molar-refractivity contribution in [3.05, 3.63) is 41.0 Å². The highest BCUT2D eigenvalue weighted by Gasteiger charge is 2.62. The molecule has 9 nitrogen and oxygen atoms in total. The minimum Gasteiger partial charge on any atom is -0.492 e. The van der Waals surface area contributed by atoms with Gasteiger partial charge in [-0.25, -0.2) is 9.78 Å². The number of aliphatic carboxylic acids is 1. The van der Waals surface area contributed by atoms with Gasteiger partial charge in [-0.1, -0.05) is 17.7 Å². The SMILES string of the molecule is CN(C)CCCOc1cc(-c2nc(C(=O)NC3(C(=O)O)C4CC5CC(C4)CC3C5)ccc2N2CCCC2=O)ccc1Cl.Cl. The van der Waals surface area contributed by atoms with Crippen LogP contribution in [-0.4, -0.2) is 72.1 Å². The van der Waals surface area contributed by atoms with E-state index in [0.717, 1.165) is 45.1 Å². The Kier molecular flexibility index (Phi) is 9.26. The Morgan fingerprint density at radius 2 is 1.81 bits per heavy atom. The second-order valence-electron chi connectivity index (χ2n) is 12.8. The molecule has 11 heteroatoms. The van der Waals surface area contributed by atoms with Crippen molar-refractivity contribution >= 4 is 47.5 Å². The van der Waals surface area contributed by atoms with E-state index in [1.165, 1.54) is 6.42 Å². The molecule has 0 unspecified atom stereocenters. The average molecular weight is 632 g/mol. The Labute approximate surface area is 263 Å². The number of amides is 2. The fourth-order valence-electron chi connectivity index (χ4n) is 8.02. The van der Waals surface area contributed by atoms with E-state index in [-0.39, 0.29) is 35.8 Å². The van der Waals surface area contributed by atoms with Gasteiger partial charge in [0.1, 0.15) is 17.0 Å². The largest absolute Gasteiger partial charge is 0.492 e. The third-order valence-electron chi connectivity index (χ3n) is 9.78. The topological polar surface area (TPSA) is 112 Å². The second kappa shape index (κ2) is 12.6. The summed E-state index contributed by atoms with van der Waals surface area (Å²) < 4.78 is 6.00. The van der Waals surface area contributed by atoms with Crippen LogP contribution in [0.5, 0.6) is 5.75 Å². The van der Waals surface area contributed by atoms with Gasteiger partial charge in [-0.05, 0) is 107 Å². The van der Waals surface area contributed by atoms with Crippen LogP contribution in [0.15, 0.2) is 30.3 Å². The van der Waals surface area contributed by atoms with Crippen LogP contribution in [0.4, 0.5) is 5.69 Å². The standard InChI is InChI=1S/C32H39ClN4O5.ClH/c1-36(2)10-4-12-42-27-18-21(6-7-24(27)33)29-26(37-11-3-5-28(37)38)9-8-25(34-29)30(39)35-32(31(40)41)22-14-19-13-20(16-22)17-23(32)15-19;/h6-9,18-20,22-23H,3-5,10-17H2,1-2H3,(H,35,39)(H,40,41);1H. The first kappa shape index (κ1) is 31.5. The van der Waals surface area contributed by atoms with E-state index < -0.39 is 17.4 Å². The molecule has 0 radical (unpaired) electrons.